The third kappa shape index (κ3) is 3.38. The predicted molar refractivity (Wildman–Crippen MR) is 73.3 cm³/mol. The standard InChI is InChI=1S/C13H14N2O2S/c1-9(16)8-14-12(17)6-7-13-15-10-4-2-3-5-11(10)18-13/h2-7,9,16H,8H2,1H3,(H,14,17)/b7-6+. The van der Waals surface area contributed by atoms with Crippen LogP contribution in [0.1, 0.15) is 11.9 Å². The Morgan fingerprint density at radius 3 is 3.06 bits per heavy atom. The molecule has 2 rings (SSSR count). The van der Waals surface area contributed by atoms with Crippen LogP contribution in [0.3, 0.4) is 0 Å². The highest BCUT2D eigenvalue weighted by molar-refractivity contribution is 7.19. The average Bonchev–Trinajstić information content (AvgIpc) is 2.76. The second-order valence-electron chi connectivity index (χ2n) is 3.95. The van der Waals surface area contributed by atoms with E-state index in [-0.39, 0.29) is 12.5 Å². The molecular formula is C13H14N2O2S. The van der Waals surface area contributed by atoms with Gasteiger partial charge in [-0.25, -0.2) is 4.98 Å². The van der Waals surface area contributed by atoms with Crippen molar-refractivity contribution < 1.29 is 9.90 Å². The minimum absolute atomic E-state index is 0.227. The number of hydrogen-bond acceptors (Lipinski definition) is 4. The Balaban J connectivity index is 2.02. The third-order valence-corrected chi connectivity index (χ3v) is 3.26. The van der Waals surface area contributed by atoms with E-state index < -0.39 is 6.10 Å². The number of thiazole rings is 1. The molecule has 1 amide bonds. The van der Waals surface area contributed by atoms with Crippen molar-refractivity contribution in [2.75, 3.05) is 6.54 Å². The van der Waals surface area contributed by atoms with E-state index in [9.17, 15) is 4.79 Å². The number of aliphatic hydroxyl groups excluding tert-OH is 1. The van der Waals surface area contributed by atoms with Crippen LogP contribution in [-0.4, -0.2) is 28.6 Å². The molecule has 2 N–H and O–H groups in total. The number of carbonyl (C=O) groups is 1. The maximum absolute atomic E-state index is 11.4. The number of para-hydroxylation sites is 1. The maximum Gasteiger partial charge on any atom is 0.244 e. The van der Waals surface area contributed by atoms with Crippen LogP contribution in [0.2, 0.25) is 0 Å². The molecule has 1 atom stereocenters. The molecule has 0 radical (unpaired) electrons. The lowest BCUT2D eigenvalue weighted by atomic mass is 10.3. The van der Waals surface area contributed by atoms with Crippen LogP contribution in [0.15, 0.2) is 30.3 Å². The summed E-state index contributed by atoms with van der Waals surface area (Å²) in [6.45, 7) is 1.88. The van der Waals surface area contributed by atoms with Gasteiger partial charge in [-0.15, -0.1) is 11.3 Å². The van der Waals surface area contributed by atoms with Crippen LogP contribution in [0.25, 0.3) is 16.3 Å². The Hall–Kier alpha value is -1.72. The molecular weight excluding hydrogens is 248 g/mol. The van der Waals surface area contributed by atoms with Crippen molar-refractivity contribution in [1.29, 1.82) is 0 Å². The van der Waals surface area contributed by atoms with E-state index in [1.165, 1.54) is 17.4 Å². The minimum atomic E-state index is -0.537. The molecule has 0 bridgehead atoms. The van der Waals surface area contributed by atoms with Crippen molar-refractivity contribution in [2.45, 2.75) is 13.0 Å². The zero-order valence-corrected chi connectivity index (χ0v) is 10.8. The Kier molecular flexibility index (Phi) is 4.07. The largest absolute Gasteiger partial charge is 0.392 e. The summed E-state index contributed by atoms with van der Waals surface area (Å²) in [4.78, 5) is 15.8. The number of nitrogens with zero attached hydrogens (tertiary/aromatic N) is 1. The van der Waals surface area contributed by atoms with Gasteiger partial charge >= 0.3 is 0 Å². The fourth-order valence-corrected chi connectivity index (χ4v) is 2.29. The quantitative estimate of drug-likeness (QED) is 0.826. The number of rotatable bonds is 4. The SMILES string of the molecule is CC(O)CNC(=O)/C=C/c1nc2ccccc2s1. The minimum Gasteiger partial charge on any atom is -0.392 e. The van der Waals surface area contributed by atoms with Crippen molar-refractivity contribution in [2.24, 2.45) is 0 Å². The number of carbonyl (C=O) groups excluding carboxylic acids is 1. The lowest BCUT2D eigenvalue weighted by Gasteiger charge is -2.03. The zero-order valence-electron chi connectivity index (χ0n) is 9.96. The number of aliphatic hydroxyl groups is 1. The van der Waals surface area contributed by atoms with E-state index in [4.69, 9.17) is 5.11 Å². The van der Waals surface area contributed by atoms with Gasteiger partial charge in [-0.1, -0.05) is 12.1 Å². The van der Waals surface area contributed by atoms with E-state index in [0.29, 0.717) is 0 Å². The van der Waals surface area contributed by atoms with E-state index in [1.807, 2.05) is 24.3 Å². The van der Waals surface area contributed by atoms with Crippen molar-refractivity contribution in [3.63, 3.8) is 0 Å². The predicted octanol–water partition coefficient (Wildman–Crippen LogP) is 1.81. The van der Waals surface area contributed by atoms with Gasteiger partial charge in [-0.3, -0.25) is 4.79 Å². The van der Waals surface area contributed by atoms with Gasteiger partial charge in [0.2, 0.25) is 5.91 Å². The van der Waals surface area contributed by atoms with Crippen LogP contribution in [0, 0.1) is 0 Å². The van der Waals surface area contributed by atoms with Gasteiger partial charge in [0.1, 0.15) is 5.01 Å². The molecule has 0 saturated carbocycles. The highest BCUT2D eigenvalue weighted by Gasteiger charge is 2.01. The van der Waals surface area contributed by atoms with E-state index in [1.54, 1.807) is 13.0 Å². The Labute approximate surface area is 109 Å². The Morgan fingerprint density at radius 2 is 2.33 bits per heavy atom. The number of amides is 1. The Morgan fingerprint density at radius 1 is 1.56 bits per heavy atom. The molecule has 94 valence electrons. The van der Waals surface area contributed by atoms with E-state index >= 15 is 0 Å². The monoisotopic (exact) mass is 262 g/mol. The first kappa shape index (κ1) is 12.7. The molecule has 0 fully saturated rings. The first-order chi connectivity index (χ1) is 8.65. The molecule has 0 aliphatic heterocycles. The summed E-state index contributed by atoms with van der Waals surface area (Å²) in [6, 6.07) is 7.84. The molecule has 1 aromatic heterocycles. The molecule has 1 unspecified atom stereocenters. The molecule has 5 heteroatoms. The second kappa shape index (κ2) is 5.75. The summed E-state index contributed by atoms with van der Waals surface area (Å²) in [5, 5.41) is 12.4. The van der Waals surface area contributed by atoms with Crippen LogP contribution >= 0.6 is 11.3 Å². The summed E-state index contributed by atoms with van der Waals surface area (Å²) in [6.07, 6.45) is 2.58. The summed E-state index contributed by atoms with van der Waals surface area (Å²) >= 11 is 1.54. The van der Waals surface area contributed by atoms with E-state index in [0.717, 1.165) is 15.2 Å². The topological polar surface area (TPSA) is 62.2 Å². The number of nitrogens with one attached hydrogen (secondary N) is 1. The average molecular weight is 262 g/mol. The van der Waals surface area contributed by atoms with Crippen LogP contribution < -0.4 is 5.32 Å². The summed E-state index contributed by atoms with van der Waals surface area (Å²) in [5.74, 6) is -0.227. The van der Waals surface area contributed by atoms with Crippen LogP contribution in [-0.2, 0) is 4.79 Å². The fraction of sp³-hybridized carbons (Fsp3) is 0.231. The summed E-state index contributed by atoms with van der Waals surface area (Å²) in [7, 11) is 0. The molecule has 1 heterocycles. The number of aromatic nitrogens is 1. The molecule has 0 saturated heterocycles. The van der Waals surface area contributed by atoms with Crippen molar-refractivity contribution in [3.8, 4) is 0 Å². The second-order valence-corrected chi connectivity index (χ2v) is 5.01. The van der Waals surface area contributed by atoms with Crippen LogP contribution in [0.4, 0.5) is 0 Å². The third-order valence-electron chi connectivity index (χ3n) is 2.26. The van der Waals surface area contributed by atoms with Gasteiger partial charge in [0.15, 0.2) is 0 Å². The van der Waals surface area contributed by atoms with Crippen molar-refractivity contribution in [1.82, 2.24) is 10.3 Å². The molecule has 18 heavy (non-hydrogen) atoms. The first-order valence-electron chi connectivity index (χ1n) is 5.64. The fourth-order valence-electron chi connectivity index (χ4n) is 1.42. The van der Waals surface area contributed by atoms with Gasteiger partial charge in [0.05, 0.1) is 16.3 Å². The highest BCUT2D eigenvalue weighted by atomic mass is 32.1. The molecule has 0 spiro atoms. The molecule has 0 aliphatic rings. The molecule has 0 aliphatic carbocycles. The lowest BCUT2D eigenvalue weighted by Crippen LogP contribution is -2.28. The van der Waals surface area contributed by atoms with Crippen LogP contribution in [0.5, 0.6) is 0 Å². The van der Waals surface area contributed by atoms with Gasteiger partial charge in [-0.05, 0) is 25.1 Å². The molecule has 2 aromatic rings. The number of benzene rings is 1. The summed E-state index contributed by atoms with van der Waals surface area (Å²) in [5.41, 5.74) is 0.937. The summed E-state index contributed by atoms with van der Waals surface area (Å²) < 4.78 is 1.10. The molecule has 4 nitrogen and oxygen atoms in total. The lowest BCUT2D eigenvalue weighted by molar-refractivity contribution is -0.116. The molecule has 1 aromatic carbocycles. The normalized spacial score (nSPS) is 13.0. The Bertz CT molecular complexity index is 542. The van der Waals surface area contributed by atoms with Crippen molar-refractivity contribution in [3.05, 3.63) is 35.3 Å². The smallest absolute Gasteiger partial charge is 0.244 e. The van der Waals surface area contributed by atoms with Crippen molar-refractivity contribution >= 4 is 33.5 Å². The van der Waals surface area contributed by atoms with Gasteiger partial charge in [-0.2, -0.15) is 0 Å². The van der Waals surface area contributed by atoms with Gasteiger partial charge < -0.3 is 10.4 Å². The zero-order chi connectivity index (χ0) is 13.0. The van der Waals surface area contributed by atoms with Gasteiger partial charge in [0.25, 0.3) is 0 Å². The number of fused-ring (bicyclic) bond motifs is 1. The number of hydrogen-bond donors (Lipinski definition) is 2. The highest BCUT2D eigenvalue weighted by Crippen LogP contribution is 2.22. The first-order valence-corrected chi connectivity index (χ1v) is 6.46. The van der Waals surface area contributed by atoms with E-state index in [2.05, 4.69) is 10.3 Å². The van der Waals surface area contributed by atoms with Gasteiger partial charge in [0, 0.05) is 12.6 Å². The maximum atomic E-state index is 11.4.